The van der Waals surface area contributed by atoms with Gasteiger partial charge in [-0.05, 0) is 102 Å². The minimum Gasteiger partial charge on any atom is -0.252 e. The van der Waals surface area contributed by atoms with Gasteiger partial charge in [-0.1, -0.05) is 115 Å². The number of benzene rings is 7. The van der Waals surface area contributed by atoms with Gasteiger partial charge in [0.1, 0.15) is 18.3 Å². The van der Waals surface area contributed by atoms with Crippen LogP contribution in [0.4, 0.5) is 0 Å². The highest BCUT2D eigenvalue weighted by atomic mass is 15.0. The van der Waals surface area contributed by atoms with Crippen molar-refractivity contribution in [3.8, 4) is 44.9 Å². The summed E-state index contributed by atoms with van der Waals surface area (Å²) in [4.78, 5) is 17.2. The van der Waals surface area contributed by atoms with Crippen LogP contribution in [0.25, 0.3) is 88.0 Å². The number of nitrogens with zero attached hydrogens (tertiary/aromatic N) is 4. The van der Waals surface area contributed by atoms with E-state index < -0.39 is 0 Å². The van der Waals surface area contributed by atoms with Crippen molar-refractivity contribution in [3.63, 3.8) is 0 Å². The zero-order valence-electron chi connectivity index (χ0n) is 25.7. The van der Waals surface area contributed by atoms with Gasteiger partial charge in [0.15, 0.2) is 5.82 Å². The number of hydrogen-bond acceptors (Lipinski definition) is 4. The second-order valence-corrected chi connectivity index (χ2v) is 12.1. The van der Waals surface area contributed by atoms with Crippen LogP contribution in [0.5, 0.6) is 0 Å². The summed E-state index contributed by atoms with van der Waals surface area (Å²) in [6, 6.07) is 48.6. The Labute approximate surface area is 272 Å². The van der Waals surface area contributed by atoms with Crippen LogP contribution in [0.1, 0.15) is 5.56 Å². The zero-order chi connectivity index (χ0) is 31.3. The minimum absolute atomic E-state index is 0.561. The fourth-order valence-corrected chi connectivity index (χ4v) is 6.90. The summed E-state index contributed by atoms with van der Waals surface area (Å²) in [5, 5.41) is 9.86. The molecule has 0 bridgehead atoms. The lowest BCUT2D eigenvalue weighted by Gasteiger charge is -2.20. The molecule has 4 heteroatoms. The summed E-state index contributed by atoms with van der Waals surface area (Å²) >= 11 is 0. The molecular weight excluding hydrogens is 573 g/mol. The Balaban J connectivity index is 1.34. The summed E-state index contributed by atoms with van der Waals surface area (Å²) in [6.07, 6.45) is 4.90. The first-order valence-electron chi connectivity index (χ1n) is 15.8. The van der Waals surface area contributed by atoms with Gasteiger partial charge in [-0.2, -0.15) is 0 Å². The molecule has 0 saturated carbocycles. The van der Waals surface area contributed by atoms with E-state index in [9.17, 15) is 0 Å². The molecule has 0 fully saturated rings. The Morgan fingerprint density at radius 3 is 1.57 bits per heavy atom. The van der Waals surface area contributed by atoms with Gasteiger partial charge in [0, 0.05) is 11.8 Å². The molecule has 0 atom stereocenters. The highest BCUT2D eigenvalue weighted by Crippen LogP contribution is 2.46. The third-order valence-corrected chi connectivity index (χ3v) is 9.17. The maximum Gasteiger partial charge on any atom is 0.181 e. The molecule has 0 N–H and O–H groups in total. The first-order chi connectivity index (χ1) is 23.2. The Kier molecular flexibility index (Phi) is 6.32. The molecule has 9 aromatic rings. The lowest BCUT2D eigenvalue weighted by molar-refractivity contribution is 1.04. The van der Waals surface area contributed by atoms with Gasteiger partial charge >= 0.3 is 0 Å². The smallest absolute Gasteiger partial charge is 0.181 e. The number of pyridine rings is 1. The topological polar surface area (TPSA) is 51.6 Å². The Bertz CT molecular complexity index is 2630. The van der Waals surface area contributed by atoms with Gasteiger partial charge in [-0.25, -0.2) is 15.0 Å². The molecule has 0 saturated heterocycles. The maximum atomic E-state index is 4.72. The molecule has 0 radical (unpaired) electrons. The molecule has 0 aliphatic heterocycles. The van der Waals surface area contributed by atoms with Crippen LogP contribution in [0, 0.1) is 6.92 Å². The molecule has 0 amide bonds. The maximum absolute atomic E-state index is 4.72. The average molecular weight is 601 g/mol. The molecular formula is C43H28N4. The van der Waals surface area contributed by atoms with Crippen LogP contribution in [0.2, 0.25) is 0 Å². The van der Waals surface area contributed by atoms with Crippen molar-refractivity contribution in [1.29, 1.82) is 0 Å². The van der Waals surface area contributed by atoms with Gasteiger partial charge in [-0.3, -0.25) is 4.98 Å². The molecule has 220 valence electrons. The molecule has 0 spiro atoms. The highest BCUT2D eigenvalue weighted by Gasteiger charge is 2.19. The molecule has 9 rings (SSSR count). The molecule has 4 nitrogen and oxygen atoms in total. The molecule has 7 aromatic carbocycles. The molecule has 2 aromatic heterocycles. The van der Waals surface area contributed by atoms with Crippen molar-refractivity contribution in [2.24, 2.45) is 0 Å². The third-order valence-electron chi connectivity index (χ3n) is 9.17. The van der Waals surface area contributed by atoms with E-state index in [1.165, 1.54) is 83.6 Å². The first-order valence-corrected chi connectivity index (χ1v) is 15.8. The van der Waals surface area contributed by atoms with Gasteiger partial charge in [-0.15, -0.1) is 0 Å². The molecule has 2 heterocycles. The van der Waals surface area contributed by atoms with Crippen molar-refractivity contribution >= 4 is 43.1 Å². The number of rotatable bonds is 4. The Hall–Kier alpha value is -6.26. The highest BCUT2D eigenvalue weighted by molar-refractivity contribution is 6.22. The van der Waals surface area contributed by atoms with Crippen LogP contribution in [0.3, 0.4) is 0 Å². The van der Waals surface area contributed by atoms with E-state index in [2.05, 4.69) is 149 Å². The second-order valence-electron chi connectivity index (χ2n) is 12.1. The summed E-state index contributed by atoms with van der Waals surface area (Å²) in [6.45, 7) is 2.18. The fourth-order valence-electron chi connectivity index (χ4n) is 6.90. The van der Waals surface area contributed by atoms with E-state index in [1.54, 1.807) is 0 Å². The van der Waals surface area contributed by atoms with Crippen molar-refractivity contribution in [2.45, 2.75) is 6.92 Å². The van der Waals surface area contributed by atoms with E-state index in [0.29, 0.717) is 11.5 Å². The van der Waals surface area contributed by atoms with E-state index in [-0.39, 0.29) is 0 Å². The molecule has 0 aliphatic carbocycles. The van der Waals surface area contributed by atoms with E-state index in [4.69, 9.17) is 4.98 Å². The van der Waals surface area contributed by atoms with Gasteiger partial charge in [0.2, 0.25) is 0 Å². The van der Waals surface area contributed by atoms with Gasteiger partial charge in [0.05, 0.1) is 0 Å². The van der Waals surface area contributed by atoms with Crippen LogP contribution in [-0.4, -0.2) is 19.9 Å². The van der Waals surface area contributed by atoms with Crippen molar-refractivity contribution in [1.82, 2.24) is 19.9 Å². The van der Waals surface area contributed by atoms with E-state index >= 15 is 0 Å². The molecule has 0 unspecified atom stereocenters. The first kappa shape index (κ1) is 27.1. The fraction of sp³-hybridized carbons (Fsp3) is 0.0233. The van der Waals surface area contributed by atoms with Crippen LogP contribution in [0.15, 0.2) is 152 Å². The normalized spacial score (nSPS) is 11.5. The Morgan fingerprint density at radius 1 is 0.404 bits per heavy atom. The standard InChI is InChI=1S/C43H28N4/c1-27-10-17-36-38(20-27)41(33-13-11-28-6-2-4-8-30(28)21-33)37-18-15-32(35-16-19-40(45-24-35)43-46-25-44-26-47-43)23-39(37)42(36)34-14-12-29-7-3-5-9-31(29)22-34/h2-26H,1H3. The van der Waals surface area contributed by atoms with E-state index in [1.807, 2.05) is 12.3 Å². The minimum atomic E-state index is 0.561. The SMILES string of the molecule is Cc1ccc2c(-c3ccc4ccccc4c3)c3cc(-c4ccc(-c5ncncn5)nc4)ccc3c(-c3ccc4ccccc4c3)c2c1. The van der Waals surface area contributed by atoms with Crippen LogP contribution < -0.4 is 0 Å². The Morgan fingerprint density at radius 2 is 0.957 bits per heavy atom. The summed E-state index contributed by atoms with van der Waals surface area (Å²) < 4.78 is 0. The zero-order valence-corrected chi connectivity index (χ0v) is 25.7. The molecule has 47 heavy (non-hydrogen) atoms. The predicted octanol–water partition coefficient (Wildman–Crippen LogP) is 10.9. The number of hydrogen-bond donors (Lipinski definition) is 0. The summed E-state index contributed by atoms with van der Waals surface area (Å²) in [5.74, 6) is 0.561. The van der Waals surface area contributed by atoms with Gasteiger partial charge in [0.25, 0.3) is 0 Å². The largest absolute Gasteiger partial charge is 0.252 e. The number of aryl methyl sites for hydroxylation is 1. The lowest BCUT2D eigenvalue weighted by Crippen LogP contribution is -1.94. The van der Waals surface area contributed by atoms with Crippen LogP contribution >= 0.6 is 0 Å². The van der Waals surface area contributed by atoms with Gasteiger partial charge < -0.3 is 0 Å². The van der Waals surface area contributed by atoms with Crippen molar-refractivity contribution < 1.29 is 0 Å². The summed E-state index contributed by atoms with van der Waals surface area (Å²) in [5.41, 5.74) is 9.00. The quantitative estimate of drug-likeness (QED) is 0.189. The number of fused-ring (bicyclic) bond motifs is 4. The number of aromatic nitrogens is 4. The third kappa shape index (κ3) is 4.70. The van der Waals surface area contributed by atoms with Crippen molar-refractivity contribution in [2.75, 3.05) is 0 Å². The second kappa shape index (κ2) is 11.0. The lowest BCUT2D eigenvalue weighted by atomic mass is 9.84. The predicted molar refractivity (Wildman–Crippen MR) is 194 cm³/mol. The monoisotopic (exact) mass is 600 g/mol. The van der Waals surface area contributed by atoms with E-state index in [0.717, 1.165) is 11.1 Å². The molecule has 0 aliphatic rings. The summed E-state index contributed by atoms with van der Waals surface area (Å²) in [7, 11) is 0. The average Bonchev–Trinajstić information content (AvgIpc) is 3.13. The van der Waals surface area contributed by atoms with Crippen LogP contribution in [-0.2, 0) is 0 Å². The van der Waals surface area contributed by atoms with Crippen molar-refractivity contribution in [3.05, 3.63) is 158 Å².